The Labute approximate surface area is 219 Å². The van der Waals surface area contributed by atoms with Crippen molar-refractivity contribution in [3.8, 4) is 0 Å². The number of aryl methyl sites for hydroxylation is 1. The summed E-state index contributed by atoms with van der Waals surface area (Å²) < 4.78 is 29.0. The lowest BCUT2D eigenvalue weighted by atomic mass is 9.98. The molecule has 2 aromatic heterocycles. The van der Waals surface area contributed by atoms with Crippen LogP contribution < -0.4 is 4.90 Å². The number of carbonyl (C=O) groups is 1. The smallest absolute Gasteiger partial charge is 0.243 e. The second-order valence-corrected chi connectivity index (χ2v) is 12.3. The summed E-state index contributed by atoms with van der Waals surface area (Å²) in [6.07, 6.45) is 4.63. The average Bonchev–Trinajstić information content (AvgIpc) is 3.31. The molecule has 7 nitrogen and oxygen atoms in total. The van der Waals surface area contributed by atoms with Gasteiger partial charge in [-0.05, 0) is 73.4 Å². The van der Waals surface area contributed by atoms with Gasteiger partial charge in [0.25, 0.3) is 0 Å². The maximum atomic E-state index is 13.9. The van der Waals surface area contributed by atoms with Gasteiger partial charge in [-0.3, -0.25) is 14.7 Å². The third-order valence-electron chi connectivity index (χ3n) is 6.28. The van der Waals surface area contributed by atoms with Crippen LogP contribution in [0.2, 0.25) is 5.02 Å². The lowest BCUT2D eigenvalue weighted by molar-refractivity contribution is -0.123. The zero-order chi connectivity index (χ0) is 25.3. The minimum Gasteiger partial charge on any atom is -0.283 e. The maximum absolute atomic E-state index is 13.9. The quantitative estimate of drug-likeness (QED) is 0.332. The molecule has 1 fully saturated rings. The van der Waals surface area contributed by atoms with Gasteiger partial charge in [-0.25, -0.2) is 13.4 Å². The number of aromatic nitrogens is 2. The van der Waals surface area contributed by atoms with Crippen molar-refractivity contribution in [3.05, 3.63) is 83.1 Å². The molecule has 1 unspecified atom stereocenters. The van der Waals surface area contributed by atoms with E-state index in [0.29, 0.717) is 36.1 Å². The first kappa shape index (κ1) is 24.8. The van der Waals surface area contributed by atoms with E-state index in [2.05, 4.69) is 11.1 Å². The molecule has 1 atom stereocenters. The van der Waals surface area contributed by atoms with Gasteiger partial charge in [-0.15, -0.1) is 0 Å². The van der Waals surface area contributed by atoms with E-state index in [4.69, 9.17) is 16.6 Å². The van der Waals surface area contributed by atoms with E-state index in [-0.39, 0.29) is 17.3 Å². The Bertz CT molecular complexity index is 1490. The van der Waals surface area contributed by atoms with Gasteiger partial charge in [0.1, 0.15) is 0 Å². The van der Waals surface area contributed by atoms with Crippen molar-refractivity contribution in [3.63, 3.8) is 0 Å². The molecule has 0 radical (unpaired) electrons. The monoisotopic (exact) mass is 540 g/mol. The topological polar surface area (TPSA) is 83.5 Å². The van der Waals surface area contributed by atoms with E-state index in [9.17, 15) is 13.2 Å². The third-order valence-corrected chi connectivity index (χ3v) is 9.45. The molecule has 0 saturated carbocycles. The fourth-order valence-corrected chi connectivity index (χ4v) is 7.11. The summed E-state index contributed by atoms with van der Waals surface area (Å²) in [6.45, 7) is 2.83. The number of rotatable bonds is 6. The van der Waals surface area contributed by atoms with Crippen molar-refractivity contribution < 1.29 is 13.2 Å². The first-order valence-corrected chi connectivity index (χ1v) is 14.3. The van der Waals surface area contributed by atoms with Gasteiger partial charge in [-0.1, -0.05) is 35.1 Å². The SMILES string of the molecule is Cc1ccc2nc(N(Cc3cccnc3)C(=O)C3CCCN(S(=O)(=O)c4ccc(Cl)cc4)C3)sc2c1. The van der Waals surface area contributed by atoms with Gasteiger partial charge in [0.05, 0.1) is 27.6 Å². The fraction of sp³-hybridized carbons (Fsp3) is 0.269. The summed E-state index contributed by atoms with van der Waals surface area (Å²) in [4.78, 5) is 24.7. The number of nitrogens with zero attached hydrogens (tertiary/aromatic N) is 4. The molecule has 1 amide bonds. The molecule has 3 heterocycles. The van der Waals surface area contributed by atoms with Crippen LogP contribution in [0.15, 0.2) is 71.9 Å². The van der Waals surface area contributed by atoms with Crippen molar-refractivity contribution in [2.75, 3.05) is 18.0 Å². The van der Waals surface area contributed by atoms with E-state index >= 15 is 0 Å². The van der Waals surface area contributed by atoms with E-state index in [1.165, 1.54) is 27.8 Å². The minimum atomic E-state index is -3.74. The van der Waals surface area contributed by atoms with Gasteiger partial charge in [0.15, 0.2) is 5.13 Å². The molecule has 0 aliphatic carbocycles. The lowest BCUT2D eigenvalue weighted by Gasteiger charge is -2.33. The Morgan fingerprint density at radius 2 is 2.00 bits per heavy atom. The molecule has 2 aromatic carbocycles. The van der Waals surface area contributed by atoms with E-state index in [1.54, 1.807) is 29.4 Å². The fourth-order valence-electron chi connectivity index (χ4n) is 4.39. The van der Waals surface area contributed by atoms with Crippen LogP contribution in [0, 0.1) is 12.8 Å². The molecule has 0 N–H and O–H groups in total. The highest BCUT2D eigenvalue weighted by Gasteiger charge is 2.36. The average molecular weight is 541 g/mol. The Balaban J connectivity index is 1.44. The molecular weight excluding hydrogens is 516 g/mol. The lowest BCUT2D eigenvalue weighted by Crippen LogP contribution is -2.46. The predicted molar refractivity (Wildman–Crippen MR) is 143 cm³/mol. The first-order valence-electron chi connectivity index (χ1n) is 11.6. The predicted octanol–water partition coefficient (Wildman–Crippen LogP) is 5.29. The molecule has 1 saturated heterocycles. The number of pyridine rings is 1. The van der Waals surface area contributed by atoms with Gasteiger partial charge in [0, 0.05) is 30.5 Å². The van der Waals surface area contributed by atoms with Gasteiger partial charge in [0.2, 0.25) is 15.9 Å². The molecular formula is C26H25ClN4O3S2. The molecule has 0 bridgehead atoms. The van der Waals surface area contributed by atoms with Crippen LogP contribution in [0.5, 0.6) is 0 Å². The minimum absolute atomic E-state index is 0.122. The Morgan fingerprint density at radius 1 is 1.19 bits per heavy atom. The van der Waals surface area contributed by atoms with Crippen LogP contribution in [-0.4, -0.2) is 41.7 Å². The second-order valence-electron chi connectivity index (χ2n) is 8.91. The molecule has 10 heteroatoms. The second kappa shape index (κ2) is 10.3. The highest BCUT2D eigenvalue weighted by molar-refractivity contribution is 7.89. The summed E-state index contributed by atoms with van der Waals surface area (Å²) in [5.41, 5.74) is 2.83. The highest BCUT2D eigenvalue weighted by Crippen LogP contribution is 2.33. The number of piperidine rings is 1. The Hall–Kier alpha value is -2.85. The van der Waals surface area contributed by atoms with Crippen LogP contribution in [0.4, 0.5) is 5.13 Å². The zero-order valence-corrected chi connectivity index (χ0v) is 22.1. The molecule has 5 rings (SSSR count). The number of halogens is 1. The van der Waals surface area contributed by atoms with Crippen LogP contribution in [0.3, 0.4) is 0 Å². The van der Waals surface area contributed by atoms with E-state index in [1.807, 2.05) is 31.2 Å². The van der Waals surface area contributed by atoms with Crippen LogP contribution in [0.25, 0.3) is 10.2 Å². The molecule has 1 aliphatic heterocycles. The van der Waals surface area contributed by atoms with E-state index < -0.39 is 15.9 Å². The third kappa shape index (κ3) is 5.15. The number of thiazole rings is 1. The van der Waals surface area contributed by atoms with Crippen LogP contribution in [0.1, 0.15) is 24.0 Å². The largest absolute Gasteiger partial charge is 0.283 e. The number of hydrogen-bond acceptors (Lipinski definition) is 6. The Kier molecular flexibility index (Phi) is 7.07. The van der Waals surface area contributed by atoms with Gasteiger partial charge in [-0.2, -0.15) is 4.31 Å². The number of anilines is 1. The number of fused-ring (bicyclic) bond motifs is 1. The van der Waals surface area contributed by atoms with Crippen molar-refractivity contribution in [2.24, 2.45) is 5.92 Å². The molecule has 0 spiro atoms. The Morgan fingerprint density at radius 3 is 2.75 bits per heavy atom. The maximum Gasteiger partial charge on any atom is 0.243 e. The number of amides is 1. The zero-order valence-electron chi connectivity index (χ0n) is 19.7. The number of hydrogen-bond donors (Lipinski definition) is 0. The van der Waals surface area contributed by atoms with Crippen LogP contribution in [-0.2, 0) is 21.4 Å². The summed E-state index contributed by atoms with van der Waals surface area (Å²) in [6, 6.07) is 15.9. The molecule has 186 valence electrons. The van der Waals surface area contributed by atoms with Crippen molar-refractivity contribution in [1.82, 2.24) is 14.3 Å². The normalized spacial score (nSPS) is 16.8. The van der Waals surface area contributed by atoms with Crippen LogP contribution >= 0.6 is 22.9 Å². The van der Waals surface area contributed by atoms with Crippen molar-refractivity contribution >= 4 is 54.2 Å². The standard InChI is InChI=1S/C26H25ClN4O3S2/c1-18-6-11-23-24(14-18)35-26(29-23)31(16-19-4-2-12-28-15-19)25(32)20-5-3-13-30(17-20)36(33,34)22-9-7-21(27)8-10-22/h2,4,6-12,14-15,20H,3,5,13,16-17H2,1H3. The molecule has 1 aliphatic rings. The summed E-state index contributed by atoms with van der Waals surface area (Å²) in [5.74, 6) is -0.614. The van der Waals surface area contributed by atoms with Gasteiger partial charge < -0.3 is 0 Å². The summed E-state index contributed by atoms with van der Waals surface area (Å²) in [7, 11) is -3.74. The summed E-state index contributed by atoms with van der Waals surface area (Å²) >= 11 is 7.41. The highest BCUT2D eigenvalue weighted by atomic mass is 35.5. The molecule has 4 aromatic rings. The summed E-state index contributed by atoms with van der Waals surface area (Å²) in [5, 5.41) is 1.07. The first-order chi connectivity index (χ1) is 17.3. The molecule has 36 heavy (non-hydrogen) atoms. The van der Waals surface area contributed by atoms with E-state index in [0.717, 1.165) is 21.3 Å². The number of benzene rings is 2. The van der Waals surface area contributed by atoms with Crippen molar-refractivity contribution in [1.29, 1.82) is 0 Å². The van der Waals surface area contributed by atoms with Crippen molar-refractivity contribution in [2.45, 2.75) is 31.2 Å². The number of sulfonamides is 1. The number of carbonyl (C=O) groups excluding carboxylic acids is 1. The van der Waals surface area contributed by atoms with Gasteiger partial charge >= 0.3 is 0 Å².